The number of imidazole rings is 1. The minimum atomic E-state index is -0.916. The van der Waals surface area contributed by atoms with Crippen molar-refractivity contribution in [2.45, 2.75) is 20.0 Å². The predicted octanol–water partition coefficient (Wildman–Crippen LogP) is 4.77. The van der Waals surface area contributed by atoms with Crippen LogP contribution in [0.3, 0.4) is 0 Å². The Labute approximate surface area is 180 Å². The normalized spacial score (nSPS) is 11.8. The Hall–Kier alpha value is -3.93. The smallest absolute Gasteiger partial charge is 0.338 e. The van der Waals surface area contributed by atoms with Crippen molar-refractivity contribution in [2.24, 2.45) is 0 Å². The highest BCUT2D eigenvalue weighted by Gasteiger charge is 2.21. The van der Waals surface area contributed by atoms with Gasteiger partial charge in [0.15, 0.2) is 6.10 Å². The summed E-state index contributed by atoms with van der Waals surface area (Å²) in [5.74, 6) is 0.624. The third kappa shape index (κ3) is 4.05. The molecule has 0 aliphatic heterocycles. The standard InChI is InChI=1S/C25H22N2O4/c1-16(24(28)18-9-12-21(30-3)13-10-18)31-25(29)19-11-14-23-22(15-19)26-17(2)27(23)20-7-5-4-6-8-20/h4-16H,1-3H3/t16-/m0/s1. The number of methoxy groups -OCH3 is 1. The molecule has 0 bridgehead atoms. The summed E-state index contributed by atoms with van der Waals surface area (Å²) in [6.07, 6.45) is -0.916. The highest BCUT2D eigenvalue weighted by molar-refractivity contribution is 6.02. The van der Waals surface area contributed by atoms with Crippen LogP contribution in [-0.2, 0) is 4.74 Å². The van der Waals surface area contributed by atoms with Crippen molar-refractivity contribution in [1.82, 2.24) is 9.55 Å². The molecule has 1 aromatic heterocycles. The lowest BCUT2D eigenvalue weighted by atomic mass is 10.1. The number of hydrogen-bond donors (Lipinski definition) is 0. The van der Waals surface area contributed by atoms with Crippen LogP contribution in [0.2, 0.25) is 0 Å². The van der Waals surface area contributed by atoms with Gasteiger partial charge >= 0.3 is 5.97 Å². The molecule has 0 fully saturated rings. The van der Waals surface area contributed by atoms with Crippen molar-refractivity contribution >= 4 is 22.8 Å². The minimum absolute atomic E-state index is 0.277. The molecule has 0 amide bonds. The zero-order valence-electron chi connectivity index (χ0n) is 17.5. The lowest BCUT2D eigenvalue weighted by Crippen LogP contribution is -2.24. The Kier molecular flexibility index (Phi) is 5.54. The van der Waals surface area contributed by atoms with Crippen LogP contribution < -0.4 is 4.74 Å². The molecule has 6 nitrogen and oxygen atoms in total. The summed E-state index contributed by atoms with van der Waals surface area (Å²) < 4.78 is 12.6. The van der Waals surface area contributed by atoms with Crippen LogP contribution in [-0.4, -0.2) is 34.5 Å². The summed E-state index contributed by atoms with van der Waals surface area (Å²) in [6.45, 7) is 3.48. The van der Waals surface area contributed by atoms with E-state index in [0.717, 1.165) is 17.0 Å². The number of carbonyl (C=O) groups is 2. The van der Waals surface area contributed by atoms with Gasteiger partial charge in [-0.1, -0.05) is 18.2 Å². The third-order valence-corrected chi connectivity index (χ3v) is 5.10. The van der Waals surface area contributed by atoms with E-state index in [9.17, 15) is 9.59 Å². The number of fused-ring (bicyclic) bond motifs is 1. The Morgan fingerprint density at radius 2 is 1.61 bits per heavy atom. The summed E-state index contributed by atoms with van der Waals surface area (Å²) in [7, 11) is 1.56. The second-order valence-electron chi connectivity index (χ2n) is 7.17. The molecular formula is C25H22N2O4. The van der Waals surface area contributed by atoms with Gasteiger partial charge in [0.1, 0.15) is 11.6 Å². The molecule has 0 spiro atoms. The molecule has 0 radical (unpaired) electrons. The molecule has 31 heavy (non-hydrogen) atoms. The first-order valence-electron chi connectivity index (χ1n) is 9.91. The zero-order valence-corrected chi connectivity index (χ0v) is 17.5. The number of esters is 1. The van der Waals surface area contributed by atoms with Crippen LogP contribution in [0.4, 0.5) is 0 Å². The van der Waals surface area contributed by atoms with Gasteiger partial charge in [-0.15, -0.1) is 0 Å². The molecule has 0 unspecified atom stereocenters. The van der Waals surface area contributed by atoms with Gasteiger partial charge in [0, 0.05) is 11.3 Å². The summed E-state index contributed by atoms with van der Waals surface area (Å²) in [6, 6.07) is 21.8. The number of nitrogens with zero attached hydrogens (tertiary/aromatic N) is 2. The Balaban J connectivity index is 1.54. The van der Waals surface area contributed by atoms with E-state index in [0.29, 0.717) is 22.4 Å². The molecule has 6 heteroatoms. The van der Waals surface area contributed by atoms with E-state index in [1.807, 2.05) is 47.9 Å². The van der Waals surface area contributed by atoms with E-state index in [-0.39, 0.29) is 5.78 Å². The van der Waals surface area contributed by atoms with Gasteiger partial charge in [-0.3, -0.25) is 9.36 Å². The fourth-order valence-corrected chi connectivity index (χ4v) is 3.50. The third-order valence-electron chi connectivity index (χ3n) is 5.10. The second kappa shape index (κ2) is 8.44. The van der Waals surface area contributed by atoms with Gasteiger partial charge in [0.05, 0.1) is 23.7 Å². The van der Waals surface area contributed by atoms with E-state index >= 15 is 0 Å². The number of carbonyl (C=O) groups excluding carboxylic acids is 2. The van der Waals surface area contributed by atoms with Crippen LogP contribution in [0.5, 0.6) is 5.75 Å². The summed E-state index contributed by atoms with van der Waals surface area (Å²) >= 11 is 0. The molecule has 4 rings (SSSR count). The minimum Gasteiger partial charge on any atom is -0.497 e. The molecule has 4 aromatic rings. The number of hydrogen-bond acceptors (Lipinski definition) is 5. The number of para-hydroxylation sites is 1. The van der Waals surface area contributed by atoms with Gasteiger partial charge in [-0.05, 0) is 68.4 Å². The van der Waals surface area contributed by atoms with E-state index in [2.05, 4.69) is 4.98 Å². The van der Waals surface area contributed by atoms with Gasteiger partial charge in [-0.25, -0.2) is 9.78 Å². The van der Waals surface area contributed by atoms with E-state index in [1.165, 1.54) is 0 Å². The molecule has 0 aliphatic rings. The van der Waals surface area contributed by atoms with Crippen molar-refractivity contribution in [3.05, 3.63) is 89.7 Å². The molecule has 0 saturated carbocycles. The van der Waals surface area contributed by atoms with Crippen molar-refractivity contribution in [2.75, 3.05) is 7.11 Å². The monoisotopic (exact) mass is 414 g/mol. The molecule has 1 atom stereocenters. The fraction of sp³-hybridized carbons (Fsp3) is 0.160. The maximum absolute atomic E-state index is 12.7. The zero-order chi connectivity index (χ0) is 22.0. The molecule has 3 aromatic carbocycles. The number of aryl methyl sites for hydroxylation is 1. The highest BCUT2D eigenvalue weighted by Crippen LogP contribution is 2.23. The number of rotatable bonds is 6. The number of Topliss-reactive ketones (excluding diaryl/α,β-unsaturated/α-hetero) is 1. The second-order valence-corrected chi connectivity index (χ2v) is 7.17. The first-order valence-corrected chi connectivity index (χ1v) is 9.91. The number of aromatic nitrogens is 2. The van der Waals surface area contributed by atoms with Crippen molar-refractivity contribution in [3.63, 3.8) is 0 Å². The fourth-order valence-electron chi connectivity index (χ4n) is 3.50. The molecule has 0 aliphatic carbocycles. The lowest BCUT2D eigenvalue weighted by molar-refractivity contribution is 0.0319. The van der Waals surface area contributed by atoms with Crippen LogP contribution in [0.25, 0.3) is 16.7 Å². The van der Waals surface area contributed by atoms with Gasteiger partial charge in [0.2, 0.25) is 5.78 Å². The quantitative estimate of drug-likeness (QED) is 0.336. The summed E-state index contributed by atoms with van der Waals surface area (Å²) in [5.41, 5.74) is 3.37. The largest absolute Gasteiger partial charge is 0.497 e. The Morgan fingerprint density at radius 1 is 0.935 bits per heavy atom. The van der Waals surface area contributed by atoms with Gasteiger partial charge in [-0.2, -0.15) is 0 Å². The Morgan fingerprint density at radius 3 is 2.29 bits per heavy atom. The molecule has 0 N–H and O–H groups in total. The molecule has 156 valence electrons. The Bertz CT molecular complexity index is 1240. The maximum atomic E-state index is 12.7. The number of ketones is 1. The average Bonchev–Trinajstić information content (AvgIpc) is 3.13. The van der Waals surface area contributed by atoms with E-state index < -0.39 is 12.1 Å². The number of benzene rings is 3. The van der Waals surface area contributed by atoms with Gasteiger partial charge < -0.3 is 9.47 Å². The SMILES string of the molecule is COc1ccc(C(=O)[C@H](C)OC(=O)c2ccc3c(c2)nc(C)n3-c2ccccc2)cc1. The van der Waals surface area contributed by atoms with Crippen LogP contribution in [0.15, 0.2) is 72.8 Å². The van der Waals surface area contributed by atoms with Crippen molar-refractivity contribution in [3.8, 4) is 11.4 Å². The van der Waals surface area contributed by atoms with E-state index in [4.69, 9.17) is 9.47 Å². The lowest BCUT2D eigenvalue weighted by Gasteiger charge is -2.13. The topological polar surface area (TPSA) is 70.4 Å². The molecule has 0 saturated heterocycles. The summed E-state index contributed by atoms with van der Waals surface area (Å²) in [5, 5.41) is 0. The number of ether oxygens (including phenoxy) is 2. The van der Waals surface area contributed by atoms with Crippen LogP contribution in [0.1, 0.15) is 33.5 Å². The molecular weight excluding hydrogens is 392 g/mol. The predicted molar refractivity (Wildman–Crippen MR) is 118 cm³/mol. The molecule has 1 heterocycles. The summed E-state index contributed by atoms with van der Waals surface area (Å²) in [4.78, 5) is 29.8. The van der Waals surface area contributed by atoms with Crippen LogP contribution >= 0.6 is 0 Å². The first-order chi connectivity index (χ1) is 15.0. The maximum Gasteiger partial charge on any atom is 0.338 e. The van der Waals surface area contributed by atoms with Crippen LogP contribution in [0, 0.1) is 6.92 Å². The average molecular weight is 414 g/mol. The van der Waals surface area contributed by atoms with E-state index in [1.54, 1.807) is 50.4 Å². The van der Waals surface area contributed by atoms with Crippen molar-refractivity contribution < 1.29 is 19.1 Å². The van der Waals surface area contributed by atoms with Gasteiger partial charge in [0.25, 0.3) is 0 Å². The highest BCUT2D eigenvalue weighted by atomic mass is 16.5. The first kappa shape index (κ1) is 20.3. The van der Waals surface area contributed by atoms with Crippen molar-refractivity contribution in [1.29, 1.82) is 0 Å².